The molecule has 0 spiro atoms. The van der Waals surface area contributed by atoms with Gasteiger partial charge in [0.2, 0.25) is 0 Å². The van der Waals surface area contributed by atoms with Crippen molar-refractivity contribution in [2.24, 2.45) is 0 Å². The Morgan fingerprint density at radius 2 is 1.90 bits per heavy atom. The summed E-state index contributed by atoms with van der Waals surface area (Å²) in [5.41, 5.74) is 1.93. The van der Waals surface area contributed by atoms with Gasteiger partial charge in [-0.25, -0.2) is 0 Å². The largest absolute Gasteiger partial charge is 0.493 e. The Labute approximate surface area is 169 Å². The Hall–Kier alpha value is -3.19. The maximum Gasteiger partial charge on any atom is 0.261 e. The molecule has 1 atom stereocenters. The highest BCUT2D eigenvalue weighted by atomic mass is 16.5. The van der Waals surface area contributed by atoms with Crippen molar-refractivity contribution in [3.63, 3.8) is 0 Å². The number of benzene rings is 2. The molecule has 0 radical (unpaired) electrons. The highest BCUT2D eigenvalue weighted by molar-refractivity contribution is 6.21. The molecule has 3 amide bonds. The van der Waals surface area contributed by atoms with Gasteiger partial charge in [-0.05, 0) is 49.7 Å². The normalized spacial score (nSPS) is 18.1. The number of hydrogen-bond acceptors (Lipinski definition) is 5. The second-order valence-corrected chi connectivity index (χ2v) is 7.17. The lowest BCUT2D eigenvalue weighted by atomic mass is 10.1. The molecule has 0 saturated carbocycles. The van der Waals surface area contributed by atoms with Crippen molar-refractivity contribution in [2.45, 2.75) is 25.9 Å². The number of rotatable bonds is 6. The summed E-state index contributed by atoms with van der Waals surface area (Å²) in [6, 6.07) is 12.1. The molecule has 1 saturated heterocycles. The van der Waals surface area contributed by atoms with Gasteiger partial charge in [0.25, 0.3) is 17.7 Å². The van der Waals surface area contributed by atoms with E-state index in [0.29, 0.717) is 34.6 Å². The number of carbonyl (C=O) groups is 3. The van der Waals surface area contributed by atoms with Crippen molar-refractivity contribution in [1.29, 1.82) is 0 Å². The minimum atomic E-state index is -0.317. The molecule has 2 N–H and O–H groups in total. The zero-order valence-electron chi connectivity index (χ0n) is 16.2. The highest BCUT2D eigenvalue weighted by Gasteiger charge is 2.35. The molecule has 7 heteroatoms. The van der Waals surface area contributed by atoms with Gasteiger partial charge >= 0.3 is 0 Å². The Morgan fingerprint density at radius 3 is 2.52 bits per heavy atom. The maximum atomic E-state index is 12.8. The third-order valence-corrected chi connectivity index (χ3v) is 5.20. The predicted octanol–water partition coefficient (Wildman–Crippen LogP) is 1.97. The van der Waals surface area contributed by atoms with Crippen LogP contribution in [-0.2, 0) is 6.54 Å². The maximum absolute atomic E-state index is 12.8. The van der Waals surface area contributed by atoms with Crippen molar-refractivity contribution in [1.82, 2.24) is 15.5 Å². The molecule has 1 fully saturated rings. The number of nitrogens with one attached hydrogen (secondary N) is 2. The Kier molecular flexibility index (Phi) is 5.31. The van der Waals surface area contributed by atoms with E-state index in [1.54, 1.807) is 42.5 Å². The third-order valence-electron chi connectivity index (χ3n) is 5.20. The lowest BCUT2D eigenvalue weighted by molar-refractivity contribution is 0.0642. The molecule has 2 aliphatic rings. The van der Waals surface area contributed by atoms with Crippen LogP contribution in [0.2, 0.25) is 0 Å². The summed E-state index contributed by atoms with van der Waals surface area (Å²) in [5.74, 6) is -0.363. The van der Waals surface area contributed by atoms with Gasteiger partial charge in [-0.2, -0.15) is 0 Å². The molecule has 7 nitrogen and oxygen atoms in total. The van der Waals surface area contributed by atoms with E-state index in [1.165, 1.54) is 4.90 Å². The molecule has 0 aromatic heterocycles. The number of hydrogen-bond donors (Lipinski definition) is 2. The lowest BCUT2D eigenvalue weighted by Crippen LogP contribution is -2.36. The van der Waals surface area contributed by atoms with Crippen molar-refractivity contribution in [3.05, 3.63) is 64.7 Å². The van der Waals surface area contributed by atoms with Crippen LogP contribution in [0, 0.1) is 0 Å². The van der Waals surface area contributed by atoms with E-state index >= 15 is 0 Å². The minimum Gasteiger partial charge on any atom is -0.493 e. The first-order valence-corrected chi connectivity index (χ1v) is 9.81. The number of ether oxygens (including phenoxy) is 1. The van der Waals surface area contributed by atoms with Crippen LogP contribution in [0.3, 0.4) is 0 Å². The Morgan fingerprint density at radius 1 is 1.17 bits per heavy atom. The summed E-state index contributed by atoms with van der Waals surface area (Å²) in [4.78, 5) is 39.3. The zero-order chi connectivity index (χ0) is 20.4. The molecular formula is C22H23N3O4. The van der Waals surface area contributed by atoms with Gasteiger partial charge in [0.15, 0.2) is 0 Å². The average Bonchev–Trinajstić information content (AvgIpc) is 3.32. The molecule has 0 bridgehead atoms. The summed E-state index contributed by atoms with van der Waals surface area (Å²) in [5, 5.41) is 6.24. The van der Waals surface area contributed by atoms with Crippen LogP contribution in [0.5, 0.6) is 5.75 Å². The van der Waals surface area contributed by atoms with Gasteiger partial charge in [-0.15, -0.1) is 0 Å². The molecule has 2 aromatic rings. The first-order chi connectivity index (χ1) is 14.1. The molecule has 150 valence electrons. The summed E-state index contributed by atoms with van der Waals surface area (Å²) in [6.45, 7) is 4.01. The average molecular weight is 393 g/mol. The van der Waals surface area contributed by atoms with Crippen molar-refractivity contribution in [2.75, 3.05) is 19.7 Å². The summed E-state index contributed by atoms with van der Waals surface area (Å²) in [7, 11) is 0. The number of fused-ring (bicyclic) bond motifs is 1. The van der Waals surface area contributed by atoms with Gasteiger partial charge in [0.05, 0.1) is 29.8 Å². The first kappa shape index (κ1) is 19.1. The van der Waals surface area contributed by atoms with E-state index < -0.39 is 0 Å². The van der Waals surface area contributed by atoms with Crippen molar-refractivity contribution in [3.8, 4) is 5.75 Å². The quantitative estimate of drug-likeness (QED) is 0.733. The van der Waals surface area contributed by atoms with Gasteiger partial charge in [-0.3, -0.25) is 19.3 Å². The van der Waals surface area contributed by atoms with Crippen LogP contribution in [0.1, 0.15) is 50.0 Å². The topological polar surface area (TPSA) is 87.7 Å². The summed E-state index contributed by atoms with van der Waals surface area (Å²) >= 11 is 0. The van der Waals surface area contributed by atoms with Gasteiger partial charge in [-0.1, -0.05) is 18.2 Å². The van der Waals surface area contributed by atoms with E-state index in [-0.39, 0.29) is 30.3 Å². The van der Waals surface area contributed by atoms with Crippen LogP contribution >= 0.6 is 0 Å². The molecule has 2 heterocycles. The predicted molar refractivity (Wildman–Crippen MR) is 107 cm³/mol. The molecule has 1 unspecified atom stereocenters. The fraction of sp³-hybridized carbons (Fsp3) is 0.318. The van der Waals surface area contributed by atoms with Crippen LogP contribution in [0.15, 0.2) is 42.5 Å². The number of carbonyl (C=O) groups excluding carboxylic acids is 3. The third kappa shape index (κ3) is 3.73. The van der Waals surface area contributed by atoms with Crippen LogP contribution in [0.4, 0.5) is 0 Å². The second kappa shape index (κ2) is 8.05. The molecular weight excluding hydrogens is 370 g/mol. The van der Waals surface area contributed by atoms with Crippen LogP contribution < -0.4 is 15.4 Å². The monoisotopic (exact) mass is 393 g/mol. The fourth-order valence-electron chi connectivity index (χ4n) is 3.74. The molecule has 29 heavy (non-hydrogen) atoms. The standard InChI is InChI=1S/C22H23N3O4/c1-2-29-19-8-7-14(11-18(19)20(26)24-15-9-10-23-12-15)13-25-21(27)16-5-3-4-6-17(16)22(25)28/h3-8,11,15,23H,2,9-10,12-13H2,1H3,(H,24,26). The zero-order valence-corrected chi connectivity index (χ0v) is 16.2. The SMILES string of the molecule is CCOc1ccc(CN2C(=O)c3ccccc3C2=O)cc1C(=O)NC1CCNC1. The second-order valence-electron chi connectivity index (χ2n) is 7.17. The highest BCUT2D eigenvalue weighted by Crippen LogP contribution is 2.26. The van der Waals surface area contributed by atoms with E-state index in [9.17, 15) is 14.4 Å². The molecule has 4 rings (SSSR count). The molecule has 2 aliphatic heterocycles. The smallest absolute Gasteiger partial charge is 0.261 e. The summed E-state index contributed by atoms with van der Waals surface area (Å²) in [6.07, 6.45) is 0.879. The van der Waals surface area contributed by atoms with Gasteiger partial charge in [0, 0.05) is 12.6 Å². The fourth-order valence-corrected chi connectivity index (χ4v) is 3.74. The molecule has 2 aromatic carbocycles. The van der Waals surface area contributed by atoms with Crippen LogP contribution in [-0.4, -0.2) is 48.4 Å². The van der Waals surface area contributed by atoms with Gasteiger partial charge in [0.1, 0.15) is 5.75 Å². The van der Waals surface area contributed by atoms with E-state index in [1.807, 2.05) is 6.92 Å². The number of imide groups is 1. The van der Waals surface area contributed by atoms with Crippen molar-refractivity contribution < 1.29 is 19.1 Å². The molecule has 0 aliphatic carbocycles. The number of amides is 3. The Balaban J connectivity index is 1.57. The first-order valence-electron chi connectivity index (χ1n) is 9.81. The number of nitrogens with zero attached hydrogens (tertiary/aromatic N) is 1. The van der Waals surface area contributed by atoms with Crippen LogP contribution in [0.25, 0.3) is 0 Å². The van der Waals surface area contributed by atoms with E-state index in [0.717, 1.165) is 19.5 Å². The summed E-state index contributed by atoms with van der Waals surface area (Å²) < 4.78 is 5.62. The van der Waals surface area contributed by atoms with Gasteiger partial charge < -0.3 is 15.4 Å². The van der Waals surface area contributed by atoms with E-state index in [4.69, 9.17) is 4.74 Å². The minimum absolute atomic E-state index is 0.0804. The van der Waals surface area contributed by atoms with Crippen molar-refractivity contribution >= 4 is 17.7 Å². The Bertz CT molecular complexity index is 931. The lowest BCUT2D eigenvalue weighted by Gasteiger charge is -2.17. The van der Waals surface area contributed by atoms with E-state index in [2.05, 4.69) is 10.6 Å².